The highest BCUT2D eigenvalue weighted by atomic mass is 16.6. The Morgan fingerprint density at radius 1 is 0.795 bits per heavy atom. The number of rotatable bonds is 6. The van der Waals surface area contributed by atoms with E-state index in [-0.39, 0.29) is 18.4 Å². The van der Waals surface area contributed by atoms with E-state index >= 15 is 0 Å². The molecule has 0 unspecified atom stereocenters. The maximum Gasteiger partial charge on any atom is 0.325 e. The third kappa shape index (κ3) is 7.53. The van der Waals surface area contributed by atoms with Crippen LogP contribution in [0.25, 0.3) is 0 Å². The summed E-state index contributed by atoms with van der Waals surface area (Å²) in [5, 5.41) is 2.59. The van der Waals surface area contributed by atoms with E-state index in [9.17, 15) is 14.4 Å². The largest absolute Gasteiger partial charge is 0.486 e. The Morgan fingerprint density at radius 3 is 1.69 bits per heavy atom. The van der Waals surface area contributed by atoms with Crippen LogP contribution in [0.15, 0.2) is 24.3 Å². The number of hydrazine groups is 1. The molecule has 0 saturated heterocycles. The van der Waals surface area contributed by atoms with E-state index in [1.807, 2.05) is 13.8 Å². The lowest BCUT2D eigenvalue weighted by Gasteiger charge is -2.22. The SMILES string of the molecule is CCc1c(C(=O)NCC(=O)OC(C)(C)C)ccc2c1OCCO2.CCc1c(C(=O)NN)ccc2c1OCCO2. The quantitative estimate of drug-likeness (QED) is 0.216. The van der Waals surface area contributed by atoms with Gasteiger partial charge in [-0.15, -0.1) is 0 Å². The van der Waals surface area contributed by atoms with Crippen molar-refractivity contribution in [3.63, 3.8) is 0 Å². The van der Waals surface area contributed by atoms with Gasteiger partial charge in [0.1, 0.15) is 38.6 Å². The highest BCUT2D eigenvalue weighted by Crippen LogP contribution is 2.37. The average Bonchev–Trinajstić information content (AvgIpc) is 2.93. The molecule has 0 atom stereocenters. The lowest BCUT2D eigenvalue weighted by molar-refractivity contribution is -0.153. The standard InChI is InChI=1S/C17H23NO5.C11H14N2O3/c1-5-11-12(6-7-13-15(11)22-9-8-21-13)16(20)18-10-14(19)23-17(2,3)4;1-2-7-8(11(14)13-12)3-4-9-10(7)16-6-5-15-9/h6-7H,5,8-10H2,1-4H3,(H,18,20);3-4H,2,5-6,12H2,1H3,(H,13,14). The molecule has 0 spiro atoms. The van der Waals surface area contributed by atoms with Crippen LogP contribution < -0.4 is 35.5 Å². The molecule has 0 aromatic heterocycles. The van der Waals surface area contributed by atoms with Gasteiger partial charge in [0.15, 0.2) is 23.0 Å². The maximum atomic E-state index is 12.4. The number of ether oxygens (including phenoxy) is 5. The van der Waals surface area contributed by atoms with Crippen LogP contribution >= 0.6 is 0 Å². The fraction of sp³-hybridized carbons (Fsp3) is 0.464. The monoisotopic (exact) mass is 543 g/mol. The number of nitrogens with one attached hydrogen (secondary N) is 2. The number of amides is 2. The van der Waals surface area contributed by atoms with E-state index in [4.69, 9.17) is 29.5 Å². The van der Waals surface area contributed by atoms with Gasteiger partial charge < -0.3 is 29.0 Å². The number of fused-ring (bicyclic) bond motifs is 2. The third-order valence-electron chi connectivity index (χ3n) is 5.76. The van der Waals surface area contributed by atoms with Crippen molar-refractivity contribution in [3.05, 3.63) is 46.5 Å². The van der Waals surface area contributed by atoms with Crippen molar-refractivity contribution in [2.45, 2.75) is 53.1 Å². The first-order chi connectivity index (χ1) is 18.6. The summed E-state index contributed by atoms with van der Waals surface area (Å²) in [6, 6.07) is 6.85. The number of esters is 1. The zero-order valence-corrected chi connectivity index (χ0v) is 23.1. The molecule has 0 radical (unpaired) electrons. The Balaban J connectivity index is 0.000000230. The minimum atomic E-state index is -0.576. The molecule has 0 fully saturated rings. The van der Waals surface area contributed by atoms with Crippen LogP contribution in [0.2, 0.25) is 0 Å². The Bertz CT molecular complexity index is 1210. The number of hydrogen-bond acceptors (Lipinski definition) is 9. The molecule has 2 aromatic rings. The van der Waals surface area contributed by atoms with Gasteiger partial charge in [-0.3, -0.25) is 19.8 Å². The van der Waals surface area contributed by atoms with E-state index in [1.165, 1.54) is 0 Å². The maximum absolute atomic E-state index is 12.4. The van der Waals surface area contributed by atoms with Gasteiger partial charge in [-0.2, -0.15) is 0 Å². The van der Waals surface area contributed by atoms with Crippen molar-refractivity contribution in [1.82, 2.24) is 10.7 Å². The zero-order chi connectivity index (χ0) is 28.6. The summed E-state index contributed by atoms with van der Waals surface area (Å²) < 4.78 is 27.3. The van der Waals surface area contributed by atoms with E-state index < -0.39 is 11.6 Å². The number of nitrogen functional groups attached to an aromatic ring is 1. The zero-order valence-electron chi connectivity index (χ0n) is 23.1. The minimum absolute atomic E-state index is 0.173. The molecule has 4 N–H and O–H groups in total. The Morgan fingerprint density at radius 2 is 1.26 bits per heavy atom. The van der Waals surface area contributed by atoms with Gasteiger partial charge in [-0.25, -0.2) is 5.84 Å². The topological polar surface area (TPSA) is 147 Å². The smallest absolute Gasteiger partial charge is 0.325 e. The molecule has 2 aliphatic heterocycles. The number of benzene rings is 2. The van der Waals surface area contributed by atoms with Crippen LogP contribution in [0.1, 0.15) is 66.5 Å². The summed E-state index contributed by atoms with van der Waals surface area (Å²) in [5.74, 6) is 6.64. The normalized spacial score (nSPS) is 13.4. The summed E-state index contributed by atoms with van der Waals surface area (Å²) in [6.07, 6.45) is 1.32. The van der Waals surface area contributed by atoms with Crippen LogP contribution in [-0.4, -0.2) is 56.4 Å². The molecule has 0 aliphatic carbocycles. The van der Waals surface area contributed by atoms with Crippen molar-refractivity contribution >= 4 is 17.8 Å². The first kappa shape index (κ1) is 29.6. The molecule has 11 heteroatoms. The molecular weight excluding hydrogens is 506 g/mol. The predicted molar refractivity (Wildman–Crippen MR) is 143 cm³/mol. The molecule has 2 aliphatic rings. The molecule has 11 nitrogen and oxygen atoms in total. The van der Waals surface area contributed by atoms with Gasteiger partial charge >= 0.3 is 5.97 Å². The van der Waals surface area contributed by atoms with Gasteiger partial charge in [-0.05, 0) is 57.9 Å². The van der Waals surface area contributed by atoms with Gasteiger partial charge in [0.25, 0.3) is 11.8 Å². The third-order valence-corrected chi connectivity index (χ3v) is 5.76. The molecular formula is C28H37N3O8. The van der Waals surface area contributed by atoms with E-state index in [2.05, 4.69) is 10.7 Å². The molecule has 39 heavy (non-hydrogen) atoms. The van der Waals surface area contributed by atoms with Crippen molar-refractivity contribution in [1.29, 1.82) is 0 Å². The van der Waals surface area contributed by atoms with Crippen LogP contribution in [-0.2, 0) is 22.4 Å². The minimum Gasteiger partial charge on any atom is -0.486 e. The lowest BCUT2D eigenvalue weighted by atomic mass is 10.0. The average molecular weight is 544 g/mol. The van der Waals surface area contributed by atoms with Gasteiger partial charge in [0.2, 0.25) is 0 Å². The Hall–Kier alpha value is -3.99. The highest BCUT2D eigenvalue weighted by Gasteiger charge is 2.23. The molecule has 0 bridgehead atoms. The van der Waals surface area contributed by atoms with E-state index in [1.54, 1.807) is 45.0 Å². The van der Waals surface area contributed by atoms with Crippen molar-refractivity contribution in [2.24, 2.45) is 5.84 Å². The van der Waals surface area contributed by atoms with Crippen LogP contribution in [0, 0.1) is 0 Å². The van der Waals surface area contributed by atoms with Crippen molar-refractivity contribution in [3.8, 4) is 23.0 Å². The Kier molecular flexibility index (Phi) is 10.00. The van der Waals surface area contributed by atoms with Gasteiger partial charge in [-0.1, -0.05) is 13.8 Å². The second kappa shape index (κ2) is 13.2. The molecule has 2 aromatic carbocycles. The summed E-state index contributed by atoms with van der Waals surface area (Å²) >= 11 is 0. The van der Waals surface area contributed by atoms with Gasteiger partial charge in [0, 0.05) is 22.3 Å². The van der Waals surface area contributed by atoms with Crippen LogP contribution in [0.3, 0.4) is 0 Å². The fourth-order valence-corrected chi connectivity index (χ4v) is 4.18. The lowest BCUT2D eigenvalue weighted by Crippen LogP contribution is -2.35. The summed E-state index contributed by atoms with van der Waals surface area (Å²) in [6.45, 7) is 11.1. The van der Waals surface area contributed by atoms with Crippen molar-refractivity contribution in [2.75, 3.05) is 33.0 Å². The summed E-state index contributed by atoms with van der Waals surface area (Å²) in [7, 11) is 0. The summed E-state index contributed by atoms with van der Waals surface area (Å²) in [5.41, 5.74) is 4.19. The van der Waals surface area contributed by atoms with Gasteiger partial charge in [0.05, 0.1) is 0 Å². The number of carbonyl (C=O) groups excluding carboxylic acids is 3. The second-order valence-corrected chi connectivity index (χ2v) is 9.68. The van der Waals surface area contributed by atoms with Crippen LogP contribution in [0.5, 0.6) is 23.0 Å². The van der Waals surface area contributed by atoms with Crippen LogP contribution in [0.4, 0.5) is 0 Å². The first-order valence-corrected chi connectivity index (χ1v) is 12.9. The Labute approximate surface area is 228 Å². The fourth-order valence-electron chi connectivity index (χ4n) is 4.18. The molecule has 212 valence electrons. The van der Waals surface area contributed by atoms with E-state index in [0.717, 1.165) is 11.1 Å². The molecule has 4 rings (SSSR count). The van der Waals surface area contributed by atoms with E-state index in [0.29, 0.717) is 73.4 Å². The number of carbonyl (C=O) groups is 3. The van der Waals surface area contributed by atoms with Crippen molar-refractivity contribution < 1.29 is 38.1 Å². The number of nitrogens with two attached hydrogens (primary N) is 1. The summed E-state index contributed by atoms with van der Waals surface area (Å²) in [4.78, 5) is 35.6. The molecule has 2 amide bonds. The number of hydrogen-bond donors (Lipinski definition) is 3. The molecule has 2 heterocycles. The molecule has 0 saturated carbocycles. The highest BCUT2D eigenvalue weighted by molar-refractivity contribution is 5.98. The first-order valence-electron chi connectivity index (χ1n) is 12.9. The second-order valence-electron chi connectivity index (χ2n) is 9.68. The predicted octanol–water partition coefficient (Wildman–Crippen LogP) is 2.72.